The van der Waals surface area contributed by atoms with Gasteiger partial charge < -0.3 is 15.3 Å². The van der Waals surface area contributed by atoms with Gasteiger partial charge in [-0.25, -0.2) is 0 Å². The monoisotopic (exact) mass is 236 g/mol. The molecule has 1 amide bonds. The number of hydrogen-bond acceptors (Lipinski definition) is 3. The molecule has 0 aliphatic rings. The van der Waals surface area contributed by atoms with Gasteiger partial charge in [0, 0.05) is 19.3 Å². The molecule has 0 radical (unpaired) electrons. The summed E-state index contributed by atoms with van der Waals surface area (Å²) in [4.78, 5) is 13.3. The summed E-state index contributed by atoms with van der Waals surface area (Å²) in [6.45, 7) is 4.61. The van der Waals surface area contributed by atoms with Crippen LogP contribution >= 0.6 is 0 Å². The Labute approximate surface area is 102 Å². The third kappa shape index (κ3) is 4.07. The van der Waals surface area contributed by atoms with E-state index in [9.17, 15) is 9.90 Å². The van der Waals surface area contributed by atoms with Gasteiger partial charge in [-0.1, -0.05) is 12.1 Å². The summed E-state index contributed by atoms with van der Waals surface area (Å²) < 4.78 is 0. The smallest absolute Gasteiger partial charge is 0.239 e. The molecule has 4 heteroatoms. The number of aliphatic hydroxyl groups is 1. The average molecular weight is 236 g/mol. The lowest BCUT2D eigenvalue weighted by molar-refractivity contribution is -0.119. The number of aliphatic hydroxyl groups excluding tert-OH is 1. The molecule has 1 rings (SSSR count). The second kappa shape index (κ2) is 6.25. The first-order chi connectivity index (χ1) is 8.04. The number of hydrogen-bond donors (Lipinski definition) is 2. The number of nitrogens with one attached hydrogen (secondary N) is 1. The van der Waals surface area contributed by atoms with Gasteiger partial charge in [0.25, 0.3) is 0 Å². The molecule has 0 saturated carbocycles. The molecule has 1 aromatic rings. The molecular formula is C13H20N2O2. The Morgan fingerprint density at radius 3 is 2.47 bits per heavy atom. The zero-order valence-electron chi connectivity index (χ0n) is 10.6. The maximum Gasteiger partial charge on any atom is 0.239 e. The van der Waals surface area contributed by atoms with Crippen molar-refractivity contribution >= 4 is 11.6 Å². The molecule has 0 unspecified atom stereocenters. The number of rotatable bonds is 5. The lowest BCUT2D eigenvalue weighted by Gasteiger charge is -2.19. The van der Waals surface area contributed by atoms with Crippen molar-refractivity contribution in [2.24, 2.45) is 0 Å². The van der Waals surface area contributed by atoms with Gasteiger partial charge in [-0.05, 0) is 31.5 Å². The Hall–Kier alpha value is -1.55. The second-order valence-corrected chi connectivity index (χ2v) is 4.08. The van der Waals surface area contributed by atoms with Crippen LogP contribution in [0.5, 0.6) is 0 Å². The van der Waals surface area contributed by atoms with Crippen molar-refractivity contribution in [3.05, 3.63) is 29.8 Å². The summed E-state index contributed by atoms with van der Waals surface area (Å²) in [5.74, 6) is 0.00889. The van der Waals surface area contributed by atoms with Gasteiger partial charge in [-0.3, -0.25) is 4.79 Å². The minimum Gasteiger partial charge on any atom is -0.389 e. The van der Waals surface area contributed by atoms with Gasteiger partial charge in [0.2, 0.25) is 5.91 Å². The van der Waals surface area contributed by atoms with E-state index < -0.39 is 6.10 Å². The molecule has 17 heavy (non-hydrogen) atoms. The average Bonchev–Trinajstić information content (AvgIpc) is 2.29. The van der Waals surface area contributed by atoms with Crippen LogP contribution in [-0.2, 0) is 4.79 Å². The summed E-state index contributed by atoms with van der Waals surface area (Å²) in [6, 6.07) is 7.55. The van der Waals surface area contributed by atoms with Gasteiger partial charge in [0.1, 0.15) is 0 Å². The summed E-state index contributed by atoms with van der Waals surface area (Å²) >= 11 is 0. The second-order valence-electron chi connectivity index (χ2n) is 4.08. The Kier molecular flexibility index (Phi) is 4.97. The Bertz CT molecular complexity index is 360. The number of carbonyl (C=O) groups excluding carboxylic acids is 1. The Morgan fingerprint density at radius 2 is 2.00 bits per heavy atom. The third-order valence-corrected chi connectivity index (χ3v) is 2.57. The number of nitrogens with zero attached hydrogens (tertiary/aromatic N) is 1. The van der Waals surface area contributed by atoms with Crippen LogP contribution in [0.25, 0.3) is 0 Å². The lowest BCUT2D eigenvalue weighted by atomic mass is 10.1. The van der Waals surface area contributed by atoms with Gasteiger partial charge >= 0.3 is 0 Å². The van der Waals surface area contributed by atoms with E-state index in [1.165, 1.54) is 0 Å². The largest absolute Gasteiger partial charge is 0.389 e. The van der Waals surface area contributed by atoms with E-state index in [4.69, 9.17) is 0 Å². The summed E-state index contributed by atoms with van der Waals surface area (Å²) in [7, 11) is 1.87. The number of amides is 1. The van der Waals surface area contributed by atoms with Crippen molar-refractivity contribution in [2.75, 3.05) is 25.0 Å². The molecule has 0 aromatic heterocycles. The Morgan fingerprint density at radius 1 is 1.41 bits per heavy atom. The topological polar surface area (TPSA) is 52.6 Å². The first-order valence-corrected chi connectivity index (χ1v) is 5.80. The highest BCUT2D eigenvalue weighted by Crippen LogP contribution is 2.17. The SMILES string of the molecule is CCNC(=O)CN(C)c1ccc([C@H](C)O)cc1. The molecule has 2 N–H and O–H groups in total. The van der Waals surface area contributed by atoms with E-state index in [0.29, 0.717) is 13.1 Å². The molecule has 0 aliphatic heterocycles. The molecule has 1 atom stereocenters. The van der Waals surface area contributed by atoms with E-state index in [0.717, 1.165) is 11.3 Å². The number of anilines is 1. The van der Waals surface area contributed by atoms with Gasteiger partial charge in [0.05, 0.1) is 12.6 Å². The van der Waals surface area contributed by atoms with E-state index >= 15 is 0 Å². The van der Waals surface area contributed by atoms with Crippen molar-refractivity contribution in [1.29, 1.82) is 0 Å². The van der Waals surface area contributed by atoms with Crippen LogP contribution in [0.2, 0.25) is 0 Å². The maximum atomic E-state index is 11.4. The van der Waals surface area contributed by atoms with Crippen LogP contribution in [-0.4, -0.2) is 31.2 Å². The molecule has 94 valence electrons. The van der Waals surface area contributed by atoms with Crippen LogP contribution in [0.3, 0.4) is 0 Å². The molecule has 1 aromatic carbocycles. The predicted molar refractivity (Wildman–Crippen MR) is 69.0 cm³/mol. The molecule has 0 spiro atoms. The minimum atomic E-state index is -0.460. The van der Waals surface area contributed by atoms with Crippen LogP contribution in [0.4, 0.5) is 5.69 Å². The summed E-state index contributed by atoms with van der Waals surface area (Å²) in [6.07, 6.45) is -0.460. The summed E-state index contributed by atoms with van der Waals surface area (Å²) in [5.41, 5.74) is 1.83. The zero-order valence-corrected chi connectivity index (χ0v) is 10.6. The third-order valence-electron chi connectivity index (χ3n) is 2.57. The van der Waals surface area contributed by atoms with Gasteiger partial charge in [0.15, 0.2) is 0 Å². The van der Waals surface area contributed by atoms with Crippen LogP contribution in [0, 0.1) is 0 Å². The standard InChI is InChI=1S/C13H20N2O2/c1-4-14-13(17)9-15(3)12-7-5-11(6-8-12)10(2)16/h5-8,10,16H,4,9H2,1-3H3,(H,14,17)/t10-/m0/s1. The first-order valence-electron chi connectivity index (χ1n) is 5.80. The normalized spacial score (nSPS) is 12.0. The number of likely N-dealkylation sites (N-methyl/N-ethyl adjacent to an activating group) is 2. The lowest BCUT2D eigenvalue weighted by Crippen LogP contribution is -2.34. The van der Waals surface area contributed by atoms with Crippen molar-refractivity contribution in [1.82, 2.24) is 5.32 Å². The fourth-order valence-electron chi connectivity index (χ4n) is 1.57. The van der Waals surface area contributed by atoms with Crippen LogP contribution in [0.15, 0.2) is 24.3 Å². The first kappa shape index (κ1) is 13.5. The highest BCUT2D eigenvalue weighted by molar-refractivity contribution is 5.81. The van der Waals surface area contributed by atoms with E-state index in [2.05, 4.69) is 5.32 Å². The van der Waals surface area contributed by atoms with Crippen molar-refractivity contribution < 1.29 is 9.90 Å². The molecular weight excluding hydrogens is 216 g/mol. The highest BCUT2D eigenvalue weighted by Gasteiger charge is 2.07. The predicted octanol–water partition coefficient (Wildman–Crippen LogP) is 1.31. The molecule has 0 heterocycles. The van der Waals surface area contributed by atoms with Crippen LogP contribution in [0.1, 0.15) is 25.5 Å². The zero-order chi connectivity index (χ0) is 12.8. The number of benzene rings is 1. The van der Waals surface area contributed by atoms with Gasteiger partial charge in [-0.2, -0.15) is 0 Å². The van der Waals surface area contributed by atoms with E-state index in [1.807, 2.05) is 43.1 Å². The van der Waals surface area contributed by atoms with E-state index in [1.54, 1.807) is 6.92 Å². The van der Waals surface area contributed by atoms with Crippen molar-refractivity contribution in [3.8, 4) is 0 Å². The van der Waals surface area contributed by atoms with Gasteiger partial charge in [-0.15, -0.1) is 0 Å². The molecule has 0 aliphatic carbocycles. The minimum absolute atomic E-state index is 0.00889. The fraction of sp³-hybridized carbons (Fsp3) is 0.462. The molecule has 0 saturated heterocycles. The Balaban J connectivity index is 2.63. The highest BCUT2D eigenvalue weighted by atomic mass is 16.3. The number of carbonyl (C=O) groups is 1. The van der Waals surface area contributed by atoms with Crippen molar-refractivity contribution in [3.63, 3.8) is 0 Å². The fourth-order valence-corrected chi connectivity index (χ4v) is 1.57. The maximum absolute atomic E-state index is 11.4. The molecule has 0 bridgehead atoms. The van der Waals surface area contributed by atoms with E-state index in [-0.39, 0.29) is 5.91 Å². The molecule has 4 nitrogen and oxygen atoms in total. The summed E-state index contributed by atoms with van der Waals surface area (Å²) in [5, 5.41) is 12.1. The quantitative estimate of drug-likeness (QED) is 0.810. The molecule has 0 fully saturated rings. The van der Waals surface area contributed by atoms with Crippen LogP contribution < -0.4 is 10.2 Å². The van der Waals surface area contributed by atoms with Crippen molar-refractivity contribution in [2.45, 2.75) is 20.0 Å².